The second kappa shape index (κ2) is 4.68. The summed E-state index contributed by atoms with van der Waals surface area (Å²) in [6.07, 6.45) is -4.94. The summed E-state index contributed by atoms with van der Waals surface area (Å²) in [6, 6.07) is 2.80. The van der Waals surface area contributed by atoms with E-state index in [4.69, 9.17) is 11.6 Å². The van der Waals surface area contributed by atoms with Crippen LogP contribution in [-0.2, 0) is 10.9 Å². The van der Waals surface area contributed by atoms with Crippen molar-refractivity contribution in [1.29, 1.82) is 0 Å². The van der Waals surface area contributed by atoms with Crippen LogP contribution < -0.4 is 5.32 Å². The summed E-state index contributed by atoms with van der Waals surface area (Å²) < 4.78 is 43.3. The van der Waals surface area contributed by atoms with Crippen molar-refractivity contribution in [3.8, 4) is 0 Å². The number of alkyl halides is 3. The normalized spacial score (nSPS) is 20.2. The van der Waals surface area contributed by atoms with Crippen LogP contribution in [0.5, 0.6) is 0 Å². The van der Waals surface area contributed by atoms with Crippen LogP contribution in [0, 0.1) is 0 Å². The van der Waals surface area contributed by atoms with Crippen LogP contribution >= 0.6 is 11.6 Å². The zero-order chi connectivity index (χ0) is 13.3. The molecule has 1 heterocycles. The lowest BCUT2D eigenvalue weighted by Crippen LogP contribution is -2.36. The van der Waals surface area contributed by atoms with Gasteiger partial charge in [0.2, 0.25) is 0 Å². The Labute approximate surface area is 106 Å². The smallest absolute Gasteiger partial charge is 0.416 e. The molecular weight excluding hydrogens is 271 g/mol. The van der Waals surface area contributed by atoms with E-state index in [9.17, 15) is 18.0 Å². The van der Waals surface area contributed by atoms with Crippen LogP contribution in [0.15, 0.2) is 18.2 Å². The summed E-state index contributed by atoms with van der Waals surface area (Å²) >= 11 is 5.58. The molecule has 0 spiro atoms. The molecule has 0 saturated carbocycles. The maximum Gasteiger partial charge on any atom is 0.416 e. The predicted molar refractivity (Wildman–Crippen MR) is 58.3 cm³/mol. The van der Waals surface area contributed by atoms with Gasteiger partial charge < -0.3 is 10.1 Å². The van der Waals surface area contributed by atoms with Crippen molar-refractivity contribution in [2.45, 2.75) is 18.6 Å². The monoisotopic (exact) mass is 279 g/mol. The molecular formula is C11H9ClF3NO2. The Morgan fingerprint density at radius 2 is 2.11 bits per heavy atom. The van der Waals surface area contributed by atoms with Gasteiger partial charge in [-0.1, -0.05) is 17.7 Å². The second-order valence-electron chi connectivity index (χ2n) is 3.85. The Hall–Kier alpha value is -1.43. The van der Waals surface area contributed by atoms with Crippen LogP contribution in [0.1, 0.15) is 23.6 Å². The number of cyclic esters (lactones) is 1. The first-order valence-electron chi connectivity index (χ1n) is 5.18. The van der Waals surface area contributed by atoms with Gasteiger partial charge in [-0.25, -0.2) is 4.79 Å². The van der Waals surface area contributed by atoms with E-state index in [0.717, 1.165) is 6.07 Å². The minimum atomic E-state index is -4.51. The quantitative estimate of drug-likeness (QED) is 0.854. The third-order valence-corrected chi connectivity index (χ3v) is 2.86. The Morgan fingerprint density at radius 1 is 1.39 bits per heavy atom. The van der Waals surface area contributed by atoms with E-state index in [1.54, 1.807) is 0 Å². The highest BCUT2D eigenvalue weighted by Crippen LogP contribution is 2.37. The van der Waals surface area contributed by atoms with Gasteiger partial charge in [-0.3, -0.25) is 0 Å². The highest BCUT2D eigenvalue weighted by Gasteiger charge is 2.36. The van der Waals surface area contributed by atoms with Crippen molar-refractivity contribution < 1.29 is 22.7 Å². The maximum atomic E-state index is 12.9. The highest BCUT2D eigenvalue weighted by molar-refractivity contribution is 6.30. The van der Waals surface area contributed by atoms with Crippen LogP contribution in [0.2, 0.25) is 5.02 Å². The topological polar surface area (TPSA) is 38.3 Å². The number of alkyl carbamates (subject to hydrolysis) is 1. The molecule has 0 aromatic heterocycles. The van der Waals surface area contributed by atoms with Crippen molar-refractivity contribution in [3.05, 3.63) is 34.3 Å². The number of amides is 1. The summed E-state index contributed by atoms with van der Waals surface area (Å²) in [5.74, 6) is 0. The standard InChI is InChI=1S/C11H9ClF3NO2/c12-6-1-2-7(8(5-6)11(13,14)15)9-3-4-18-10(17)16-9/h1-2,5,9H,3-4H2,(H,16,17)/t9-/m1/s1. The lowest BCUT2D eigenvalue weighted by Gasteiger charge is -2.26. The molecule has 1 N–H and O–H groups in total. The zero-order valence-electron chi connectivity index (χ0n) is 9.05. The van der Waals surface area contributed by atoms with E-state index in [2.05, 4.69) is 10.1 Å². The summed E-state index contributed by atoms with van der Waals surface area (Å²) in [7, 11) is 0. The van der Waals surface area contributed by atoms with Crippen molar-refractivity contribution in [2.75, 3.05) is 6.61 Å². The number of rotatable bonds is 1. The fraction of sp³-hybridized carbons (Fsp3) is 0.364. The number of carbonyl (C=O) groups is 1. The maximum absolute atomic E-state index is 12.9. The van der Waals surface area contributed by atoms with E-state index >= 15 is 0 Å². The number of ether oxygens (including phenoxy) is 1. The van der Waals surface area contributed by atoms with E-state index in [-0.39, 0.29) is 23.6 Å². The van der Waals surface area contributed by atoms with E-state index < -0.39 is 23.9 Å². The van der Waals surface area contributed by atoms with Gasteiger partial charge in [-0.05, 0) is 17.7 Å². The molecule has 1 fully saturated rings. The third-order valence-electron chi connectivity index (χ3n) is 2.63. The van der Waals surface area contributed by atoms with Crippen molar-refractivity contribution in [3.63, 3.8) is 0 Å². The van der Waals surface area contributed by atoms with Crippen LogP contribution in [0.3, 0.4) is 0 Å². The molecule has 1 amide bonds. The average Bonchev–Trinajstić information content (AvgIpc) is 2.27. The minimum absolute atomic E-state index is 0.00329. The number of benzene rings is 1. The number of hydrogen-bond donors (Lipinski definition) is 1. The summed E-state index contributed by atoms with van der Waals surface area (Å²) in [5, 5.41) is 2.36. The SMILES string of the molecule is O=C1N[C@@H](c2ccc(Cl)cc2C(F)(F)F)CCO1. The van der Waals surface area contributed by atoms with Crippen LogP contribution in [0.25, 0.3) is 0 Å². The van der Waals surface area contributed by atoms with Gasteiger partial charge in [0.05, 0.1) is 18.2 Å². The second-order valence-corrected chi connectivity index (χ2v) is 4.29. The molecule has 2 rings (SSSR count). The first kappa shape index (κ1) is 13.0. The average molecular weight is 280 g/mol. The molecule has 1 saturated heterocycles. The summed E-state index contributed by atoms with van der Waals surface area (Å²) in [6.45, 7) is 0.0937. The first-order chi connectivity index (χ1) is 8.38. The molecule has 18 heavy (non-hydrogen) atoms. The number of nitrogens with one attached hydrogen (secondary N) is 1. The van der Waals surface area contributed by atoms with Gasteiger partial charge >= 0.3 is 12.3 Å². The van der Waals surface area contributed by atoms with Crippen molar-refractivity contribution >= 4 is 17.7 Å². The van der Waals surface area contributed by atoms with Crippen LogP contribution in [0.4, 0.5) is 18.0 Å². The van der Waals surface area contributed by atoms with E-state index in [1.165, 1.54) is 12.1 Å². The molecule has 98 valence electrons. The summed E-state index contributed by atoms with van der Waals surface area (Å²) in [5.41, 5.74) is -0.828. The minimum Gasteiger partial charge on any atom is -0.449 e. The number of halogens is 4. The van der Waals surface area contributed by atoms with Crippen LogP contribution in [-0.4, -0.2) is 12.7 Å². The number of hydrogen-bond acceptors (Lipinski definition) is 2. The van der Waals surface area contributed by atoms with Gasteiger partial charge in [0.1, 0.15) is 0 Å². The first-order valence-corrected chi connectivity index (χ1v) is 5.55. The molecule has 1 aromatic carbocycles. The van der Waals surface area contributed by atoms with Gasteiger partial charge in [-0.2, -0.15) is 13.2 Å². The molecule has 1 aliphatic rings. The molecule has 0 aliphatic carbocycles. The Kier molecular flexibility index (Phi) is 3.38. The number of carbonyl (C=O) groups excluding carboxylic acids is 1. The molecule has 0 bridgehead atoms. The molecule has 3 nitrogen and oxygen atoms in total. The fourth-order valence-electron chi connectivity index (χ4n) is 1.84. The van der Waals surface area contributed by atoms with Gasteiger partial charge in [0.15, 0.2) is 0 Å². The van der Waals surface area contributed by atoms with E-state index in [0.29, 0.717) is 0 Å². The Balaban J connectivity index is 2.40. The largest absolute Gasteiger partial charge is 0.449 e. The van der Waals surface area contributed by atoms with Gasteiger partial charge in [-0.15, -0.1) is 0 Å². The lowest BCUT2D eigenvalue weighted by atomic mass is 9.97. The molecule has 1 aliphatic heterocycles. The Morgan fingerprint density at radius 3 is 2.72 bits per heavy atom. The Bertz CT molecular complexity index is 476. The highest BCUT2D eigenvalue weighted by atomic mass is 35.5. The molecule has 0 radical (unpaired) electrons. The molecule has 1 aromatic rings. The fourth-order valence-corrected chi connectivity index (χ4v) is 2.01. The van der Waals surface area contributed by atoms with Gasteiger partial charge in [0, 0.05) is 11.4 Å². The molecule has 7 heteroatoms. The zero-order valence-corrected chi connectivity index (χ0v) is 9.81. The summed E-state index contributed by atoms with van der Waals surface area (Å²) in [4.78, 5) is 11.0. The van der Waals surface area contributed by atoms with Crippen molar-refractivity contribution in [2.24, 2.45) is 0 Å². The lowest BCUT2D eigenvalue weighted by molar-refractivity contribution is -0.138. The predicted octanol–water partition coefficient (Wildman–Crippen LogP) is 3.53. The molecule has 0 unspecified atom stereocenters. The third kappa shape index (κ3) is 2.69. The molecule has 1 atom stereocenters. The van der Waals surface area contributed by atoms with E-state index in [1.807, 2.05) is 0 Å². The van der Waals surface area contributed by atoms with Crippen molar-refractivity contribution in [1.82, 2.24) is 5.32 Å². The van der Waals surface area contributed by atoms with Gasteiger partial charge in [0.25, 0.3) is 0 Å².